The van der Waals surface area contributed by atoms with E-state index in [2.05, 4.69) is 30.8 Å². The van der Waals surface area contributed by atoms with Crippen LogP contribution in [-0.4, -0.2) is 42.7 Å². The van der Waals surface area contributed by atoms with E-state index < -0.39 is 17.9 Å². The van der Waals surface area contributed by atoms with Crippen LogP contribution in [0.5, 0.6) is 6.01 Å². The van der Waals surface area contributed by atoms with Gasteiger partial charge in [0.1, 0.15) is 17.3 Å². The number of methoxy groups -OCH3 is 1. The quantitative estimate of drug-likeness (QED) is 0.298. The SMILES string of the molecule is COc1ncc(-c2nn(-c3ccccc3)c(NC(=O)Nc3cc(C(F)(F)F)nn3-c3ccccc3)c2C)cn1. The van der Waals surface area contributed by atoms with Crippen molar-refractivity contribution >= 4 is 17.7 Å². The molecular weight excluding hydrogens is 513 g/mol. The summed E-state index contributed by atoms with van der Waals surface area (Å²) in [4.78, 5) is 21.4. The Labute approximate surface area is 220 Å². The molecule has 0 saturated heterocycles. The number of nitrogens with one attached hydrogen (secondary N) is 2. The van der Waals surface area contributed by atoms with Crippen LogP contribution in [0, 0.1) is 6.92 Å². The van der Waals surface area contributed by atoms with Crippen LogP contribution < -0.4 is 15.4 Å². The summed E-state index contributed by atoms with van der Waals surface area (Å²) in [7, 11) is 1.45. The molecule has 2 N–H and O–H groups in total. The molecule has 0 bridgehead atoms. The van der Waals surface area contributed by atoms with Gasteiger partial charge in [-0.25, -0.2) is 24.1 Å². The molecule has 0 aliphatic heterocycles. The molecule has 39 heavy (non-hydrogen) atoms. The highest BCUT2D eigenvalue weighted by atomic mass is 19.4. The lowest BCUT2D eigenvalue weighted by atomic mass is 10.1. The zero-order chi connectivity index (χ0) is 27.6. The van der Waals surface area contributed by atoms with Crippen molar-refractivity contribution in [3.05, 3.63) is 90.4 Å². The van der Waals surface area contributed by atoms with E-state index >= 15 is 0 Å². The van der Waals surface area contributed by atoms with E-state index in [-0.39, 0.29) is 11.8 Å². The number of urea groups is 1. The monoisotopic (exact) mass is 534 g/mol. The van der Waals surface area contributed by atoms with E-state index in [1.165, 1.54) is 24.2 Å². The summed E-state index contributed by atoms with van der Waals surface area (Å²) < 4.78 is 47.9. The Morgan fingerprint density at radius 1 is 0.872 bits per heavy atom. The smallest absolute Gasteiger partial charge is 0.435 e. The summed E-state index contributed by atoms with van der Waals surface area (Å²) in [6.45, 7) is 1.75. The number of nitrogens with zero attached hydrogens (tertiary/aromatic N) is 6. The second-order valence-corrected chi connectivity index (χ2v) is 8.27. The normalized spacial score (nSPS) is 11.3. The highest BCUT2D eigenvalue weighted by molar-refractivity contribution is 6.00. The Morgan fingerprint density at radius 2 is 1.46 bits per heavy atom. The van der Waals surface area contributed by atoms with Crippen molar-refractivity contribution in [2.75, 3.05) is 17.7 Å². The Morgan fingerprint density at radius 3 is 2.03 bits per heavy atom. The molecule has 0 fully saturated rings. The van der Waals surface area contributed by atoms with Gasteiger partial charge in [-0.3, -0.25) is 10.6 Å². The molecule has 0 saturated carbocycles. The van der Waals surface area contributed by atoms with E-state index in [4.69, 9.17) is 4.74 Å². The van der Waals surface area contributed by atoms with Gasteiger partial charge in [-0.15, -0.1) is 0 Å². The van der Waals surface area contributed by atoms with Crippen LogP contribution in [0.15, 0.2) is 79.1 Å². The first-order valence-corrected chi connectivity index (χ1v) is 11.6. The Hall–Kier alpha value is -5.20. The number of hydrogen-bond acceptors (Lipinski definition) is 6. The minimum atomic E-state index is -4.70. The zero-order valence-electron chi connectivity index (χ0n) is 20.6. The minimum absolute atomic E-state index is 0.168. The number of carbonyl (C=O) groups excluding carboxylic acids is 1. The summed E-state index contributed by atoms with van der Waals surface area (Å²) >= 11 is 0. The van der Waals surface area contributed by atoms with Crippen LogP contribution >= 0.6 is 0 Å². The average molecular weight is 535 g/mol. The molecule has 2 aromatic carbocycles. The second kappa shape index (κ2) is 10.3. The van der Waals surface area contributed by atoms with Gasteiger partial charge in [0.15, 0.2) is 5.69 Å². The van der Waals surface area contributed by atoms with Crippen LogP contribution in [0.4, 0.5) is 29.6 Å². The maximum atomic E-state index is 13.5. The number of hydrogen-bond donors (Lipinski definition) is 2. The van der Waals surface area contributed by atoms with Gasteiger partial charge in [0.25, 0.3) is 0 Å². The van der Waals surface area contributed by atoms with Crippen LogP contribution in [0.25, 0.3) is 22.6 Å². The number of para-hydroxylation sites is 2. The molecule has 0 spiro atoms. The van der Waals surface area contributed by atoms with E-state index in [1.807, 2.05) is 18.2 Å². The molecule has 2 amide bonds. The molecule has 3 heterocycles. The second-order valence-electron chi connectivity index (χ2n) is 8.27. The summed E-state index contributed by atoms with van der Waals surface area (Å²) in [6.07, 6.45) is -1.63. The molecule has 13 heteroatoms. The van der Waals surface area contributed by atoms with Crippen molar-refractivity contribution in [3.63, 3.8) is 0 Å². The highest BCUT2D eigenvalue weighted by Gasteiger charge is 2.35. The first kappa shape index (κ1) is 25.4. The third-order valence-corrected chi connectivity index (χ3v) is 5.68. The molecule has 5 rings (SSSR count). The fourth-order valence-electron chi connectivity index (χ4n) is 3.85. The van der Waals surface area contributed by atoms with Crippen molar-refractivity contribution in [1.82, 2.24) is 29.5 Å². The van der Waals surface area contributed by atoms with Gasteiger partial charge in [-0.2, -0.15) is 23.4 Å². The van der Waals surface area contributed by atoms with Gasteiger partial charge in [0.2, 0.25) is 0 Å². The lowest BCUT2D eigenvalue weighted by molar-refractivity contribution is -0.141. The van der Waals surface area contributed by atoms with Gasteiger partial charge < -0.3 is 4.74 Å². The number of benzene rings is 2. The van der Waals surface area contributed by atoms with Gasteiger partial charge >= 0.3 is 18.2 Å². The van der Waals surface area contributed by atoms with E-state index in [0.29, 0.717) is 34.0 Å². The van der Waals surface area contributed by atoms with Crippen molar-refractivity contribution in [3.8, 4) is 28.6 Å². The molecule has 10 nitrogen and oxygen atoms in total. The number of halogens is 3. The first-order chi connectivity index (χ1) is 18.7. The van der Waals surface area contributed by atoms with Crippen LogP contribution in [0.3, 0.4) is 0 Å². The van der Waals surface area contributed by atoms with Gasteiger partial charge in [0, 0.05) is 29.6 Å². The zero-order valence-corrected chi connectivity index (χ0v) is 20.6. The van der Waals surface area contributed by atoms with Gasteiger partial charge in [-0.05, 0) is 31.2 Å². The molecular formula is C26H21F3N8O2. The van der Waals surface area contributed by atoms with Crippen molar-refractivity contribution in [2.24, 2.45) is 0 Å². The number of anilines is 2. The van der Waals surface area contributed by atoms with Crippen molar-refractivity contribution in [2.45, 2.75) is 13.1 Å². The molecule has 198 valence electrons. The molecule has 0 aliphatic rings. The number of rotatable bonds is 6. The Balaban J connectivity index is 1.51. The number of amides is 2. The summed E-state index contributed by atoms with van der Waals surface area (Å²) in [5, 5.41) is 13.5. The van der Waals surface area contributed by atoms with E-state index in [0.717, 1.165) is 10.7 Å². The van der Waals surface area contributed by atoms with Crippen LogP contribution in [0.1, 0.15) is 11.3 Å². The van der Waals surface area contributed by atoms with Gasteiger partial charge in [-0.1, -0.05) is 36.4 Å². The van der Waals surface area contributed by atoms with Crippen LogP contribution in [-0.2, 0) is 6.18 Å². The first-order valence-electron chi connectivity index (χ1n) is 11.6. The maximum Gasteiger partial charge on any atom is 0.435 e. The summed E-state index contributed by atoms with van der Waals surface area (Å²) in [6, 6.07) is 17.4. The standard InChI is InChI=1S/C26H21F3N8O2/c1-16-22(17-14-30-25(39-2)31-15-17)35-37(19-11-7-4-8-12-19)23(16)33-24(38)32-21-13-20(26(27,28)29)34-36(21)18-9-5-3-6-10-18/h3-15H,1-2H3,(H2,32,33,38). The fraction of sp³-hybridized carbons (Fsp3) is 0.115. The van der Waals surface area contributed by atoms with Crippen molar-refractivity contribution in [1.29, 1.82) is 0 Å². The predicted molar refractivity (Wildman–Crippen MR) is 137 cm³/mol. The predicted octanol–water partition coefficient (Wildman–Crippen LogP) is 5.49. The van der Waals surface area contributed by atoms with E-state index in [1.54, 1.807) is 49.4 Å². The van der Waals surface area contributed by atoms with Crippen LogP contribution in [0.2, 0.25) is 0 Å². The number of carbonyl (C=O) groups is 1. The summed E-state index contributed by atoms with van der Waals surface area (Å²) in [5.41, 5.74) is 1.49. The Bertz CT molecular complexity index is 1600. The molecule has 0 radical (unpaired) electrons. The van der Waals surface area contributed by atoms with Gasteiger partial charge in [0.05, 0.1) is 18.5 Å². The third kappa shape index (κ3) is 5.28. The molecule has 0 atom stereocenters. The third-order valence-electron chi connectivity index (χ3n) is 5.68. The number of alkyl halides is 3. The molecule has 3 aromatic heterocycles. The average Bonchev–Trinajstić information content (AvgIpc) is 3.51. The molecule has 0 unspecified atom stereocenters. The lowest BCUT2D eigenvalue weighted by Crippen LogP contribution is -2.23. The topological polar surface area (TPSA) is 112 Å². The highest BCUT2D eigenvalue weighted by Crippen LogP contribution is 2.32. The maximum absolute atomic E-state index is 13.5. The van der Waals surface area contributed by atoms with E-state index in [9.17, 15) is 18.0 Å². The minimum Gasteiger partial charge on any atom is -0.467 e. The molecule has 5 aromatic rings. The number of aromatic nitrogens is 6. The fourth-order valence-corrected chi connectivity index (χ4v) is 3.85. The molecule has 0 aliphatic carbocycles. The largest absolute Gasteiger partial charge is 0.467 e. The Kier molecular flexibility index (Phi) is 6.71. The van der Waals surface area contributed by atoms with Crippen molar-refractivity contribution < 1.29 is 22.7 Å². The summed E-state index contributed by atoms with van der Waals surface area (Å²) in [5.74, 6) is 0.129. The lowest BCUT2D eigenvalue weighted by Gasteiger charge is -2.12. The number of ether oxygens (including phenoxy) is 1.